The molecule has 0 aliphatic heterocycles. The predicted octanol–water partition coefficient (Wildman–Crippen LogP) is 2.25. The van der Waals surface area contributed by atoms with Crippen molar-refractivity contribution in [1.29, 1.82) is 0 Å². The molecule has 22 heavy (non-hydrogen) atoms. The van der Waals surface area contributed by atoms with E-state index in [1.54, 1.807) is 8.05 Å². The van der Waals surface area contributed by atoms with Gasteiger partial charge in [0.2, 0.25) is 0 Å². The number of hydrogen-bond donors (Lipinski definition) is 0. The van der Waals surface area contributed by atoms with Crippen LogP contribution in [0, 0.1) is 0 Å². The summed E-state index contributed by atoms with van der Waals surface area (Å²) in [5.74, 6) is 0.651. The first-order chi connectivity index (χ1) is 10.8. The van der Waals surface area contributed by atoms with Crippen molar-refractivity contribution >= 4 is 31.1 Å². The topological polar surface area (TPSA) is 26.3 Å². The Hall–Kier alpha value is -2.25. The Morgan fingerprint density at radius 2 is 1.14 bits per heavy atom. The molecule has 0 amide bonds. The van der Waals surface area contributed by atoms with Gasteiger partial charge in [0.05, 0.1) is 5.30 Å². The standard InChI is InChI=1S/C18H16BO2P/c19-21-17-13-7-8-14-18(17)22(20,15-9-3-1-4-10-15)16-11-5-2-6-12-16/h1-14H,19H2. The molecule has 0 saturated heterocycles. The monoisotopic (exact) mass is 306 g/mol. The second-order valence-corrected chi connectivity index (χ2v) is 7.69. The smallest absolute Gasteiger partial charge is 0.322 e. The van der Waals surface area contributed by atoms with E-state index in [4.69, 9.17) is 4.65 Å². The number of rotatable bonds is 4. The molecule has 0 fully saturated rings. The molecule has 0 spiro atoms. The van der Waals surface area contributed by atoms with Crippen molar-refractivity contribution in [1.82, 2.24) is 0 Å². The lowest BCUT2D eigenvalue weighted by Crippen LogP contribution is -2.26. The maximum absolute atomic E-state index is 14.1. The van der Waals surface area contributed by atoms with Crippen LogP contribution in [0.3, 0.4) is 0 Å². The van der Waals surface area contributed by atoms with Crippen LogP contribution in [0.1, 0.15) is 0 Å². The van der Waals surface area contributed by atoms with E-state index in [0.717, 1.165) is 15.9 Å². The van der Waals surface area contributed by atoms with E-state index in [2.05, 4.69) is 0 Å². The van der Waals surface area contributed by atoms with E-state index in [0.29, 0.717) is 5.75 Å². The quantitative estimate of drug-likeness (QED) is 0.546. The summed E-state index contributed by atoms with van der Waals surface area (Å²) in [6.45, 7) is 0. The molecule has 3 rings (SSSR count). The normalized spacial score (nSPS) is 11.1. The van der Waals surface area contributed by atoms with Gasteiger partial charge in [-0.1, -0.05) is 72.8 Å². The largest absolute Gasteiger partial charge is 0.567 e. The van der Waals surface area contributed by atoms with Gasteiger partial charge in [-0.25, -0.2) is 0 Å². The van der Waals surface area contributed by atoms with Crippen LogP contribution in [-0.4, -0.2) is 8.05 Å². The summed E-state index contributed by atoms with van der Waals surface area (Å²) < 4.78 is 19.6. The summed E-state index contributed by atoms with van der Waals surface area (Å²) in [5, 5.41) is 2.35. The molecule has 0 aliphatic rings. The second-order valence-electron chi connectivity index (χ2n) is 4.95. The van der Waals surface area contributed by atoms with Gasteiger partial charge in [-0.3, -0.25) is 0 Å². The van der Waals surface area contributed by atoms with Crippen molar-refractivity contribution in [3.8, 4) is 5.75 Å². The summed E-state index contributed by atoms with van der Waals surface area (Å²) in [6, 6.07) is 26.7. The average Bonchev–Trinajstić information content (AvgIpc) is 2.62. The number of hydrogen-bond acceptors (Lipinski definition) is 2. The fourth-order valence-corrected chi connectivity index (χ4v) is 5.40. The fraction of sp³-hybridized carbons (Fsp3) is 0. The molecule has 3 aromatic rings. The van der Waals surface area contributed by atoms with E-state index >= 15 is 0 Å². The lowest BCUT2D eigenvalue weighted by molar-refractivity contribution is 0.589. The van der Waals surface area contributed by atoms with Crippen LogP contribution in [0.4, 0.5) is 0 Å². The Bertz CT molecular complexity index is 760. The van der Waals surface area contributed by atoms with Gasteiger partial charge < -0.3 is 9.22 Å². The van der Waals surface area contributed by atoms with Crippen molar-refractivity contribution in [3.63, 3.8) is 0 Å². The summed E-state index contributed by atoms with van der Waals surface area (Å²) in [7, 11) is -1.35. The first kappa shape index (κ1) is 14.7. The zero-order valence-corrected chi connectivity index (χ0v) is 13.2. The maximum Gasteiger partial charge on any atom is 0.322 e. The minimum Gasteiger partial charge on any atom is -0.567 e. The van der Waals surface area contributed by atoms with Crippen LogP contribution in [-0.2, 0) is 4.57 Å². The molecule has 0 bridgehead atoms. The highest BCUT2D eigenvalue weighted by molar-refractivity contribution is 7.85. The van der Waals surface area contributed by atoms with Crippen molar-refractivity contribution < 1.29 is 9.22 Å². The van der Waals surface area contributed by atoms with Gasteiger partial charge in [-0.15, -0.1) is 0 Å². The van der Waals surface area contributed by atoms with Crippen molar-refractivity contribution in [3.05, 3.63) is 84.9 Å². The maximum atomic E-state index is 14.1. The molecule has 0 aliphatic carbocycles. The summed E-state index contributed by atoms with van der Waals surface area (Å²) in [5.41, 5.74) is 0. The highest BCUT2D eigenvalue weighted by Gasteiger charge is 2.31. The minimum absolute atomic E-state index is 0.651. The van der Waals surface area contributed by atoms with Gasteiger partial charge in [-0.05, 0) is 12.1 Å². The highest BCUT2D eigenvalue weighted by atomic mass is 31.2. The van der Waals surface area contributed by atoms with Gasteiger partial charge in [-0.2, -0.15) is 0 Å². The lowest BCUT2D eigenvalue weighted by Gasteiger charge is -2.22. The first-order valence-electron chi connectivity index (χ1n) is 7.11. The first-order valence-corrected chi connectivity index (χ1v) is 8.82. The molecule has 2 nitrogen and oxygen atoms in total. The Kier molecular flexibility index (Phi) is 4.17. The predicted molar refractivity (Wildman–Crippen MR) is 95.0 cm³/mol. The zero-order chi connectivity index (χ0) is 15.4. The molecule has 0 unspecified atom stereocenters. The molecule has 3 aromatic carbocycles. The third-order valence-electron chi connectivity index (χ3n) is 3.66. The van der Waals surface area contributed by atoms with Gasteiger partial charge in [0, 0.05) is 10.6 Å². The summed E-state index contributed by atoms with van der Waals surface area (Å²) in [4.78, 5) is 0. The lowest BCUT2D eigenvalue weighted by atomic mass is 10.3. The molecule has 0 heterocycles. The van der Waals surface area contributed by atoms with E-state index in [9.17, 15) is 4.57 Å². The highest BCUT2D eigenvalue weighted by Crippen LogP contribution is 2.44. The number of para-hydroxylation sites is 1. The Labute approximate surface area is 131 Å². The Morgan fingerprint density at radius 3 is 1.64 bits per heavy atom. The Balaban J connectivity index is 2.32. The van der Waals surface area contributed by atoms with Crippen LogP contribution >= 0.6 is 7.14 Å². The molecule has 0 N–H and O–H groups in total. The molecule has 0 aromatic heterocycles. The SMILES string of the molecule is BOc1ccccc1P(=O)(c1ccccc1)c1ccccc1. The molecule has 0 radical (unpaired) electrons. The molecular weight excluding hydrogens is 290 g/mol. The minimum atomic E-state index is -2.96. The molecule has 4 heteroatoms. The van der Waals surface area contributed by atoms with Crippen LogP contribution in [0.15, 0.2) is 84.9 Å². The van der Waals surface area contributed by atoms with Crippen LogP contribution < -0.4 is 20.6 Å². The van der Waals surface area contributed by atoms with Gasteiger partial charge in [0.25, 0.3) is 0 Å². The van der Waals surface area contributed by atoms with E-state index in [1.807, 2.05) is 84.9 Å². The molecule has 0 atom stereocenters. The second kappa shape index (κ2) is 6.25. The van der Waals surface area contributed by atoms with Crippen molar-refractivity contribution in [2.75, 3.05) is 0 Å². The Morgan fingerprint density at radius 1 is 0.682 bits per heavy atom. The average molecular weight is 306 g/mol. The van der Waals surface area contributed by atoms with Crippen molar-refractivity contribution in [2.45, 2.75) is 0 Å². The van der Waals surface area contributed by atoms with Gasteiger partial charge in [0.1, 0.15) is 5.75 Å². The third kappa shape index (κ3) is 2.49. The van der Waals surface area contributed by atoms with Crippen LogP contribution in [0.2, 0.25) is 0 Å². The molecule has 108 valence electrons. The van der Waals surface area contributed by atoms with Gasteiger partial charge in [0.15, 0.2) is 7.14 Å². The fourth-order valence-electron chi connectivity index (χ4n) is 2.59. The van der Waals surface area contributed by atoms with Crippen LogP contribution in [0.5, 0.6) is 5.75 Å². The number of benzene rings is 3. The van der Waals surface area contributed by atoms with E-state index in [-0.39, 0.29) is 0 Å². The van der Waals surface area contributed by atoms with Gasteiger partial charge >= 0.3 is 8.05 Å². The molecular formula is C18H16BO2P. The summed E-state index contributed by atoms with van der Waals surface area (Å²) >= 11 is 0. The summed E-state index contributed by atoms with van der Waals surface area (Å²) in [6.07, 6.45) is 0. The third-order valence-corrected chi connectivity index (χ3v) is 6.76. The zero-order valence-electron chi connectivity index (χ0n) is 12.3. The molecule has 0 saturated carbocycles. The van der Waals surface area contributed by atoms with Crippen LogP contribution in [0.25, 0.3) is 0 Å². The van der Waals surface area contributed by atoms with E-state index in [1.165, 1.54) is 0 Å². The van der Waals surface area contributed by atoms with Crippen molar-refractivity contribution in [2.24, 2.45) is 0 Å². The van der Waals surface area contributed by atoms with E-state index < -0.39 is 7.14 Å².